The van der Waals surface area contributed by atoms with Crippen molar-refractivity contribution in [2.75, 3.05) is 13.1 Å². The first-order valence-corrected chi connectivity index (χ1v) is 10.0. The Morgan fingerprint density at radius 3 is 2.50 bits per heavy atom. The van der Waals surface area contributed by atoms with Crippen molar-refractivity contribution in [2.24, 2.45) is 5.92 Å². The number of benzene rings is 1. The first-order chi connectivity index (χ1) is 13.0. The van der Waals surface area contributed by atoms with Crippen molar-refractivity contribution in [3.8, 4) is 0 Å². The number of ketones is 1. The van der Waals surface area contributed by atoms with E-state index in [1.807, 2.05) is 45.0 Å². The second kappa shape index (κ2) is 7.26. The van der Waals surface area contributed by atoms with Gasteiger partial charge in [0.05, 0.1) is 5.56 Å². The standard InChI is InChI=1S/C23H31NO4/c1-22(2,3)18-13-15-9-7-11-17(20(15)27-18)19(25)16-10-8-12-24(14-16)21(26)28-23(4,5)6/h7,9,11,13,16H,8,10,12,14H2,1-6H3. The van der Waals surface area contributed by atoms with E-state index in [4.69, 9.17) is 9.15 Å². The third-order valence-electron chi connectivity index (χ3n) is 4.99. The lowest BCUT2D eigenvalue weighted by molar-refractivity contribution is 0.0172. The summed E-state index contributed by atoms with van der Waals surface area (Å²) in [6.07, 6.45) is 1.20. The molecule has 0 N–H and O–H groups in total. The van der Waals surface area contributed by atoms with Gasteiger partial charge in [0, 0.05) is 29.8 Å². The lowest BCUT2D eigenvalue weighted by Crippen LogP contribution is -2.44. The van der Waals surface area contributed by atoms with Gasteiger partial charge in [-0.1, -0.05) is 32.9 Å². The van der Waals surface area contributed by atoms with Gasteiger partial charge in [0.2, 0.25) is 0 Å². The number of amides is 1. The number of furan rings is 1. The van der Waals surface area contributed by atoms with Gasteiger partial charge in [-0.2, -0.15) is 0 Å². The van der Waals surface area contributed by atoms with Crippen LogP contribution in [0.2, 0.25) is 0 Å². The molecule has 1 saturated heterocycles. The molecule has 1 aromatic heterocycles. The number of carbonyl (C=O) groups is 2. The predicted molar refractivity (Wildman–Crippen MR) is 110 cm³/mol. The molecule has 1 aliphatic heterocycles. The van der Waals surface area contributed by atoms with E-state index in [1.54, 1.807) is 4.90 Å². The molecule has 0 saturated carbocycles. The molecule has 1 fully saturated rings. The zero-order valence-corrected chi connectivity index (χ0v) is 17.8. The molecule has 28 heavy (non-hydrogen) atoms. The molecular formula is C23H31NO4. The summed E-state index contributed by atoms with van der Waals surface area (Å²) in [7, 11) is 0. The summed E-state index contributed by atoms with van der Waals surface area (Å²) in [6.45, 7) is 12.8. The molecule has 5 heteroatoms. The van der Waals surface area contributed by atoms with E-state index in [2.05, 4.69) is 20.8 Å². The highest BCUT2D eigenvalue weighted by Gasteiger charge is 2.32. The van der Waals surface area contributed by atoms with Crippen molar-refractivity contribution in [1.82, 2.24) is 4.90 Å². The molecule has 152 valence electrons. The average molecular weight is 386 g/mol. The van der Waals surface area contributed by atoms with E-state index >= 15 is 0 Å². The predicted octanol–water partition coefficient (Wildman–Crippen LogP) is 5.56. The van der Waals surface area contributed by atoms with Crippen LogP contribution < -0.4 is 0 Å². The molecular weight excluding hydrogens is 354 g/mol. The number of rotatable bonds is 2. The third-order valence-corrected chi connectivity index (χ3v) is 4.99. The van der Waals surface area contributed by atoms with Gasteiger partial charge in [0.1, 0.15) is 16.9 Å². The Labute approximate surface area is 167 Å². The summed E-state index contributed by atoms with van der Waals surface area (Å²) in [6, 6.07) is 7.71. The highest BCUT2D eigenvalue weighted by molar-refractivity contribution is 6.07. The van der Waals surface area contributed by atoms with Gasteiger partial charge in [-0.05, 0) is 45.7 Å². The van der Waals surface area contributed by atoms with Gasteiger partial charge in [-0.25, -0.2) is 4.79 Å². The van der Waals surface area contributed by atoms with E-state index in [1.165, 1.54) is 0 Å². The molecule has 1 atom stereocenters. The molecule has 3 rings (SSSR count). The van der Waals surface area contributed by atoms with Crippen LogP contribution in [0.3, 0.4) is 0 Å². The fourth-order valence-corrected chi connectivity index (χ4v) is 3.53. The van der Waals surface area contributed by atoms with Crippen LogP contribution in [0.4, 0.5) is 4.79 Å². The van der Waals surface area contributed by atoms with Crippen molar-refractivity contribution in [3.05, 3.63) is 35.6 Å². The van der Waals surface area contributed by atoms with Crippen LogP contribution in [0.15, 0.2) is 28.7 Å². The number of para-hydroxylation sites is 1. The van der Waals surface area contributed by atoms with Crippen LogP contribution in [0, 0.1) is 5.92 Å². The molecule has 1 amide bonds. The highest BCUT2D eigenvalue weighted by atomic mass is 16.6. The SMILES string of the molecule is CC(C)(C)OC(=O)N1CCCC(C(=O)c2cccc3cc(C(C)(C)C)oc23)C1. The topological polar surface area (TPSA) is 59.8 Å². The molecule has 2 aromatic rings. The number of carbonyl (C=O) groups excluding carboxylic acids is 2. The lowest BCUT2D eigenvalue weighted by atomic mass is 9.89. The number of fused-ring (bicyclic) bond motifs is 1. The Hall–Kier alpha value is -2.30. The second-order valence-corrected chi connectivity index (χ2v) is 9.71. The molecule has 2 heterocycles. The summed E-state index contributed by atoms with van der Waals surface area (Å²) >= 11 is 0. The first kappa shape index (κ1) is 20.4. The van der Waals surface area contributed by atoms with Crippen LogP contribution in [0.1, 0.15) is 70.5 Å². The monoisotopic (exact) mass is 385 g/mol. The fraction of sp³-hybridized carbons (Fsp3) is 0.565. The van der Waals surface area contributed by atoms with Crippen molar-refractivity contribution in [1.29, 1.82) is 0 Å². The summed E-state index contributed by atoms with van der Waals surface area (Å²) in [5, 5.41) is 0.940. The van der Waals surface area contributed by atoms with Crippen LogP contribution in [-0.2, 0) is 10.2 Å². The number of hydrogen-bond donors (Lipinski definition) is 0. The van der Waals surface area contributed by atoms with Crippen LogP contribution in [0.5, 0.6) is 0 Å². The molecule has 0 aliphatic carbocycles. The number of Topliss-reactive ketones (excluding diaryl/α,β-unsaturated/α-hetero) is 1. The summed E-state index contributed by atoms with van der Waals surface area (Å²) in [5.74, 6) is 0.658. The van der Waals surface area contributed by atoms with Crippen molar-refractivity contribution in [2.45, 2.75) is 65.4 Å². The highest BCUT2D eigenvalue weighted by Crippen LogP contribution is 2.33. The number of likely N-dealkylation sites (tertiary alicyclic amines) is 1. The number of hydrogen-bond acceptors (Lipinski definition) is 4. The van der Waals surface area contributed by atoms with E-state index in [0.29, 0.717) is 24.2 Å². The van der Waals surface area contributed by atoms with Crippen molar-refractivity contribution >= 4 is 22.8 Å². The zero-order valence-electron chi connectivity index (χ0n) is 17.8. The zero-order chi connectivity index (χ0) is 20.7. The maximum atomic E-state index is 13.3. The van der Waals surface area contributed by atoms with Crippen LogP contribution in [-0.4, -0.2) is 35.5 Å². The fourth-order valence-electron chi connectivity index (χ4n) is 3.53. The Morgan fingerprint density at radius 1 is 1.14 bits per heavy atom. The quantitative estimate of drug-likeness (QED) is 0.635. The van der Waals surface area contributed by atoms with E-state index < -0.39 is 5.60 Å². The lowest BCUT2D eigenvalue weighted by Gasteiger charge is -2.33. The number of ether oxygens (including phenoxy) is 1. The van der Waals surface area contributed by atoms with E-state index in [0.717, 1.165) is 24.0 Å². The van der Waals surface area contributed by atoms with Gasteiger partial charge in [-0.15, -0.1) is 0 Å². The minimum atomic E-state index is -0.544. The van der Waals surface area contributed by atoms with Crippen LogP contribution >= 0.6 is 0 Å². The molecule has 5 nitrogen and oxygen atoms in total. The number of nitrogens with zero attached hydrogens (tertiary/aromatic N) is 1. The molecule has 1 unspecified atom stereocenters. The average Bonchev–Trinajstić information content (AvgIpc) is 3.04. The van der Waals surface area contributed by atoms with Gasteiger partial charge < -0.3 is 14.1 Å². The number of piperidine rings is 1. The molecule has 0 bridgehead atoms. The van der Waals surface area contributed by atoms with Crippen molar-refractivity contribution < 1.29 is 18.7 Å². The van der Waals surface area contributed by atoms with Gasteiger partial charge in [-0.3, -0.25) is 4.79 Å². The van der Waals surface area contributed by atoms with Gasteiger partial charge in [0.25, 0.3) is 0 Å². The second-order valence-electron chi connectivity index (χ2n) is 9.71. The Morgan fingerprint density at radius 2 is 1.86 bits per heavy atom. The third kappa shape index (κ3) is 4.40. The van der Waals surface area contributed by atoms with Gasteiger partial charge in [0.15, 0.2) is 5.78 Å². The normalized spacial score (nSPS) is 18.4. The van der Waals surface area contributed by atoms with E-state index in [9.17, 15) is 9.59 Å². The Balaban J connectivity index is 1.84. The van der Waals surface area contributed by atoms with Gasteiger partial charge >= 0.3 is 6.09 Å². The smallest absolute Gasteiger partial charge is 0.410 e. The maximum absolute atomic E-state index is 13.3. The minimum absolute atomic E-state index is 0.0358. The minimum Gasteiger partial charge on any atom is -0.460 e. The Kier molecular flexibility index (Phi) is 5.30. The summed E-state index contributed by atoms with van der Waals surface area (Å²) in [4.78, 5) is 27.4. The summed E-state index contributed by atoms with van der Waals surface area (Å²) in [5.41, 5.74) is 0.574. The van der Waals surface area contributed by atoms with E-state index in [-0.39, 0.29) is 23.2 Å². The molecule has 0 radical (unpaired) electrons. The van der Waals surface area contributed by atoms with Crippen molar-refractivity contribution in [3.63, 3.8) is 0 Å². The maximum Gasteiger partial charge on any atom is 0.410 e. The Bertz CT molecular complexity index is 882. The molecule has 0 spiro atoms. The van der Waals surface area contributed by atoms with Crippen LogP contribution in [0.25, 0.3) is 11.0 Å². The largest absolute Gasteiger partial charge is 0.460 e. The first-order valence-electron chi connectivity index (χ1n) is 10.0. The molecule has 1 aliphatic rings. The molecule has 1 aromatic carbocycles. The summed E-state index contributed by atoms with van der Waals surface area (Å²) < 4.78 is 11.6.